The monoisotopic (exact) mass is 335 g/mol. The number of rotatable bonds is 2. The molecule has 134 valence electrons. The van der Waals surface area contributed by atoms with E-state index in [2.05, 4.69) is 12.2 Å². The van der Waals surface area contributed by atoms with Crippen molar-refractivity contribution < 1.29 is 14.4 Å². The van der Waals surface area contributed by atoms with Crippen molar-refractivity contribution in [2.75, 3.05) is 19.6 Å². The number of imide groups is 1. The van der Waals surface area contributed by atoms with Gasteiger partial charge in [-0.05, 0) is 43.9 Å². The van der Waals surface area contributed by atoms with Gasteiger partial charge in [-0.15, -0.1) is 0 Å². The first kappa shape index (κ1) is 17.2. The van der Waals surface area contributed by atoms with Gasteiger partial charge >= 0.3 is 6.03 Å². The van der Waals surface area contributed by atoms with E-state index in [1.165, 1.54) is 0 Å². The van der Waals surface area contributed by atoms with Crippen LogP contribution >= 0.6 is 0 Å². The van der Waals surface area contributed by atoms with Gasteiger partial charge in [0.2, 0.25) is 5.91 Å². The molecule has 3 rings (SSSR count). The predicted octanol–water partition coefficient (Wildman–Crippen LogP) is 2.14. The maximum atomic E-state index is 12.9. The number of amides is 4. The van der Waals surface area contributed by atoms with Gasteiger partial charge in [0.05, 0.1) is 0 Å². The van der Waals surface area contributed by atoms with Gasteiger partial charge in [0.1, 0.15) is 12.1 Å². The maximum Gasteiger partial charge on any atom is 0.325 e. The predicted molar refractivity (Wildman–Crippen MR) is 90.2 cm³/mol. The van der Waals surface area contributed by atoms with Crippen LogP contribution < -0.4 is 5.32 Å². The summed E-state index contributed by atoms with van der Waals surface area (Å²) in [6, 6.07) is -0.398. The van der Waals surface area contributed by atoms with Gasteiger partial charge in [0.25, 0.3) is 5.91 Å². The van der Waals surface area contributed by atoms with Gasteiger partial charge in [-0.2, -0.15) is 0 Å². The fraction of sp³-hybridized carbons (Fsp3) is 0.833. The Kier molecular flexibility index (Phi) is 4.83. The maximum absolute atomic E-state index is 12.9. The van der Waals surface area contributed by atoms with Crippen molar-refractivity contribution >= 4 is 17.8 Å². The van der Waals surface area contributed by atoms with Crippen molar-refractivity contribution in [1.29, 1.82) is 0 Å². The summed E-state index contributed by atoms with van der Waals surface area (Å²) < 4.78 is 0. The van der Waals surface area contributed by atoms with Crippen LogP contribution in [0.2, 0.25) is 0 Å². The molecular weight excluding hydrogens is 306 g/mol. The van der Waals surface area contributed by atoms with E-state index in [1.807, 2.05) is 11.8 Å². The van der Waals surface area contributed by atoms with Crippen molar-refractivity contribution in [2.45, 2.75) is 64.3 Å². The molecule has 2 heterocycles. The Balaban J connectivity index is 1.67. The molecule has 1 aliphatic carbocycles. The number of likely N-dealkylation sites (tertiary alicyclic amines) is 1. The third-order valence-corrected chi connectivity index (χ3v) is 6.16. The Bertz CT molecular complexity index is 536. The van der Waals surface area contributed by atoms with Crippen LogP contribution in [0.5, 0.6) is 0 Å². The number of carbonyl (C=O) groups is 3. The lowest BCUT2D eigenvalue weighted by molar-refractivity contribution is -0.140. The highest BCUT2D eigenvalue weighted by molar-refractivity contribution is 6.09. The van der Waals surface area contributed by atoms with Crippen molar-refractivity contribution in [3.05, 3.63) is 0 Å². The quantitative estimate of drug-likeness (QED) is 0.786. The van der Waals surface area contributed by atoms with Gasteiger partial charge in [0.15, 0.2) is 0 Å². The van der Waals surface area contributed by atoms with Gasteiger partial charge in [-0.3, -0.25) is 14.5 Å². The van der Waals surface area contributed by atoms with Crippen molar-refractivity contribution in [3.8, 4) is 0 Å². The molecule has 1 spiro atoms. The zero-order chi connectivity index (χ0) is 17.3. The number of nitrogens with one attached hydrogen (secondary N) is 1. The van der Waals surface area contributed by atoms with E-state index < -0.39 is 11.6 Å². The van der Waals surface area contributed by atoms with Gasteiger partial charge in [-0.25, -0.2) is 4.79 Å². The fourth-order valence-electron chi connectivity index (χ4n) is 4.39. The van der Waals surface area contributed by atoms with E-state index in [0.717, 1.165) is 56.5 Å². The van der Waals surface area contributed by atoms with Crippen LogP contribution in [0.25, 0.3) is 0 Å². The lowest BCUT2D eigenvalue weighted by Crippen LogP contribution is -2.54. The van der Waals surface area contributed by atoms with Gasteiger partial charge in [0, 0.05) is 13.1 Å². The molecule has 3 fully saturated rings. The lowest BCUT2D eigenvalue weighted by Gasteiger charge is -2.36. The fourth-order valence-corrected chi connectivity index (χ4v) is 4.39. The summed E-state index contributed by atoms with van der Waals surface area (Å²) in [6.07, 6.45) is 6.79. The highest BCUT2D eigenvalue weighted by Crippen LogP contribution is 2.38. The van der Waals surface area contributed by atoms with E-state index in [4.69, 9.17) is 0 Å². The average molecular weight is 335 g/mol. The Morgan fingerprint density at radius 3 is 2.67 bits per heavy atom. The van der Waals surface area contributed by atoms with Crippen LogP contribution in [-0.2, 0) is 9.59 Å². The molecule has 4 amide bonds. The average Bonchev–Trinajstić information content (AvgIpc) is 2.71. The first-order chi connectivity index (χ1) is 11.4. The normalized spacial score (nSPS) is 34.4. The molecule has 0 aromatic rings. The Hall–Kier alpha value is -1.59. The Labute approximate surface area is 143 Å². The summed E-state index contributed by atoms with van der Waals surface area (Å²) in [7, 11) is 0. The molecule has 6 nitrogen and oxygen atoms in total. The second-order valence-electron chi connectivity index (χ2n) is 7.86. The smallest absolute Gasteiger partial charge is 0.325 e. The van der Waals surface area contributed by atoms with E-state index in [-0.39, 0.29) is 24.3 Å². The number of carbonyl (C=O) groups excluding carboxylic acids is 3. The van der Waals surface area contributed by atoms with E-state index in [1.54, 1.807) is 0 Å². The third kappa shape index (κ3) is 3.03. The van der Waals surface area contributed by atoms with Crippen molar-refractivity contribution in [1.82, 2.24) is 15.1 Å². The first-order valence-corrected chi connectivity index (χ1v) is 9.36. The molecule has 1 saturated carbocycles. The number of hydrogen-bond donors (Lipinski definition) is 1. The van der Waals surface area contributed by atoms with Crippen LogP contribution in [0.15, 0.2) is 0 Å². The summed E-state index contributed by atoms with van der Waals surface area (Å²) in [4.78, 5) is 40.9. The molecule has 2 saturated heterocycles. The van der Waals surface area contributed by atoms with E-state index >= 15 is 0 Å². The molecule has 3 atom stereocenters. The summed E-state index contributed by atoms with van der Waals surface area (Å²) in [5, 5.41) is 2.91. The molecular formula is C18H29N3O3. The lowest BCUT2D eigenvalue weighted by atomic mass is 9.73. The van der Waals surface area contributed by atoms with Crippen LogP contribution in [-0.4, -0.2) is 52.8 Å². The molecule has 0 aromatic heterocycles. The SMILES string of the molecule is CC1CCCN(C(=O)CN2C(=O)NC3(CCCCC3C)C2=O)CC1. The highest BCUT2D eigenvalue weighted by atomic mass is 16.2. The highest BCUT2D eigenvalue weighted by Gasteiger charge is 2.55. The zero-order valence-corrected chi connectivity index (χ0v) is 14.8. The molecule has 24 heavy (non-hydrogen) atoms. The molecule has 0 bridgehead atoms. The van der Waals surface area contributed by atoms with E-state index in [9.17, 15) is 14.4 Å². The number of urea groups is 1. The van der Waals surface area contributed by atoms with Gasteiger partial charge < -0.3 is 10.2 Å². The molecule has 3 unspecified atom stereocenters. The van der Waals surface area contributed by atoms with Gasteiger partial charge in [-0.1, -0.05) is 26.7 Å². The summed E-state index contributed by atoms with van der Waals surface area (Å²) in [5.41, 5.74) is -0.775. The molecule has 1 N–H and O–H groups in total. The minimum absolute atomic E-state index is 0.104. The molecule has 2 aliphatic heterocycles. The first-order valence-electron chi connectivity index (χ1n) is 9.36. The summed E-state index contributed by atoms with van der Waals surface area (Å²) >= 11 is 0. The van der Waals surface area contributed by atoms with Crippen LogP contribution in [0, 0.1) is 11.8 Å². The Morgan fingerprint density at radius 1 is 1.12 bits per heavy atom. The minimum atomic E-state index is -0.775. The van der Waals surface area contributed by atoms with Crippen LogP contribution in [0.3, 0.4) is 0 Å². The van der Waals surface area contributed by atoms with Crippen molar-refractivity contribution in [3.63, 3.8) is 0 Å². The standard InChI is InChI=1S/C18H29N3O3/c1-13-6-5-10-20(11-8-13)15(22)12-21-16(23)18(19-17(21)24)9-4-3-7-14(18)2/h13-14H,3-12H2,1-2H3,(H,19,24). The number of nitrogens with zero attached hydrogens (tertiary/aromatic N) is 2. The number of hydrogen-bond acceptors (Lipinski definition) is 3. The largest absolute Gasteiger partial charge is 0.341 e. The van der Waals surface area contributed by atoms with Crippen molar-refractivity contribution in [2.24, 2.45) is 11.8 Å². The molecule has 3 aliphatic rings. The summed E-state index contributed by atoms with van der Waals surface area (Å²) in [5.74, 6) is 0.456. The topological polar surface area (TPSA) is 69.7 Å². The third-order valence-electron chi connectivity index (χ3n) is 6.16. The van der Waals surface area contributed by atoms with Crippen LogP contribution in [0.1, 0.15) is 58.8 Å². The Morgan fingerprint density at radius 2 is 1.92 bits per heavy atom. The molecule has 0 radical (unpaired) electrons. The second-order valence-corrected chi connectivity index (χ2v) is 7.86. The minimum Gasteiger partial charge on any atom is -0.341 e. The molecule has 6 heteroatoms. The van der Waals surface area contributed by atoms with E-state index in [0.29, 0.717) is 12.3 Å². The second kappa shape index (κ2) is 6.73. The molecule has 0 aromatic carbocycles. The zero-order valence-electron chi connectivity index (χ0n) is 14.8. The van der Waals surface area contributed by atoms with Crippen LogP contribution in [0.4, 0.5) is 4.79 Å². The summed E-state index contributed by atoms with van der Waals surface area (Å²) in [6.45, 7) is 5.57.